The van der Waals surface area contributed by atoms with Gasteiger partial charge in [0.25, 0.3) is 0 Å². The van der Waals surface area contributed by atoms with Gasteiger partial charge in [-0.3, -0.25) is 10.5 Å². The van der Waals surface area contributed by atoms with Crippen LogP contribution in [0.25, 0.3) is 0 Å². The van der Waals surface area contributed by atoms with Gasteiger partial charge in [0.1, 0.15) is 0 Å². The largest absolute Gasteiger partial charge is 1.00 e. The molecular weight excluding hydrogens is 83.0 g/mol. The van der Waals surface area contributed by atoms with E-state index in [2.05, 4.69) is 0 Å². The van der Waals surface area contributed by atoms with Gasteiger partial charge in [-0.2, -0.15) is 0 Å². The van der Waals surface area contributed by atoms with Crippen LogP contribution in [0.5, 0.6) is 0 Å². The topological polar surface area (TPSA) is 60.7 Å². The maximum atomic E-state index is 7.00. The first-order chi connectivity index (χ1) is 2.00. The molecule has 0 atom stereocenters. The van der Waals surface area contributed by atoms with E-state index in [4.69, 9.17) is 15.6 Å². The van der Waals surface area contributed by atoms with Crippen molar-refractivity contribution >= 4 is 0 Å². The normalized spacial score (nSPS) is 2.40. The van der Waals surface area contributed by atoms with Gasteiger partial charge in [0.2, 0.25) is 0 Å². The van der Waals surface area contributed by atoms with Crippen LogP contribution in [-0.2, 0) is 0 Å². The van der Waals surface area contributed by atoms with Gasteiger partial charge in [-0.25, -0.2) is 0 Å². The van der Waals surface area contributed by atoms with Crippen LogP contribution in [0.4, 0.5) is 0 Å². The fraction of sp³-hybridized carbons (Fsp3) is 1.00. The summed E-state index contributed by atoms with van der Waals surface area (Å²) < 4.78 is 0. The minimum atomic E-state index is 0. The van der Waals surface area contributed by atoms with Crippen molar-refractivity contribution in [2.24, 2.45) is 0 Å². The second kappa shape index (κ2) is 94.9. The Bertz CT molecular complexity index is 10.8. The SMILES string of the molecule is CO.OO.[H-].[Na+]. The van der Waals surface area contributed by atoms with Crippen molar-refractivity contribution in [3.05, 3.63) is 0 Å². The van der Waals surface area contributed by atoms with Gasteiger partial charge in [0, 0.05) is 7.11 Å². The van der Waals surface area contributed by atoms with E-state index in [1.54, 1.807) is 0 Å². The van der Waals surface area contributed by atoms with Gasteiger partial charge in [0.15, 0.2) is 0 Å². The summed E-state index contributed by atoms with van der Waals surface area (Å²) >= 11 is 0. The fourth-order valence-electron chi connectivity index (χ4n) is 0. The third-order valence-corrected chi connectivity index (χ3v) is 0. The summed E-state index contributed by atoms with van der Waals surface area (Å²) in [7, 11) is 1.00. The van der Waals surface area contributed by atoms with Gasteiger partial charge in [-0.05, 0) is 0 Å². The van der Waals surface area contributed by atoms with Crippen molar-refractivity contribution in [2.45, 2.75) is 0 Å². The predicted molar refractivity (Wildman–Crippen MR) is 14.5 cm³/mol. The predicted octanol–water partition coefficient (Wildman–Crippen LogP) is -3.26. The van der Waals surface area contributed by atoms with E-state index in [1.807, 2.05) is 0 Å². The first-order valence-electron chi connectivity index (χ1n) is 0.647. The first-order valence-corrected chi connectivity index (χ1v) is 0.647. The van der Waals surface area contributed by atoms with E-state index in [0.29, 0.717) is 0 Å². The number of aliphatic hydroxyl groups excluding tert-OH is 1. The molecule has 0 spiro atoms. The summed E-state index contributed by atoms with van der Waals surface area (Å²) in [4.78, 5) is 0. The van der Waals surface area contributed by atoms with Gasteiger partial charge in [0.05, 0.1) is 0 Å². The van der Waals surface area contributed by atoms with E-state index in [9.17, 15) is 0 Å². The molecule has 0 aliphatic rings. The molecule has 0 amide bonds. The van der Waals surface area contributed by atoms with E-state index >= 15 is 0 Å². The van der Waals surface area contributed by atoms with Gasteiger partial charge >= 0.3 is 29.6 Å². The van der Waals surface area contributed by atoms with Gasteiger partial charge in [-0.15, -0.1) is 0 Å². The average Bonchev–Trinajstić information content (AvgIpc) is 1.50. The van der Waals surface area contributed by atoms with Gasteiger partial charge in [-0.1, -0.05) is 0 Å². The molecule has 0 heterocycles. The van der Waals surface area contributed by atoms with Crippen LogP contribution in [0, 0.1) is 0 Å². The fourth-order valence-corrected chi connectivity index (χ4v) is 0. The summed E-state index contributed by atoms with van der Waals surface area (Å²) in [5.74, 6) is 0. The Morgan fingerprint density at radius 1 is 1.20 bits per heavy atom. The zero-order valence-electron chi connectivity index (χ0n) is 4.34. The van der Waals surface area contributed by atoms with E-state index in [-0.39, 0.29) is 31.0 Å². The molecule has 0 unspecified atom stereocenters. The molecule has 0 aliphatic heterocycles. The van der Waals surface area contributed by atoms with Crippen LogP contribution in [0.3, 0.4) is 0 Å². The summed E-state index contributed by atoms with van der Waals surface area (Å²) in [6.07, 6.45) is 0. The molecule has 0 rings (SSSR count). The zero-order chi connectivity index (χ0) is 4.00. The quantitative estimate of drug-likeness (QED) is 0.166. The number of aliphatic hydroxyl groups is 1. The van der Waals surface area contributed by atoms with E-state index < -0.39 is 0 Å². The molecule has 0 radical (unpaired) electrons. The molecule has 0 aliphatic carbocycles. The number of hydrogen-bond donors (Lipinski definition) is 3. The Balaban J connectivity index is -0.00000000500. The molecule has 30 valence electrons. The Morgan fingerprint density at radius 3 is 1.20 bits per heavy atom. The second-order valence-electron chi connectivity index (χ2n) is 0. The molecular formula is CH7NaO3. The molecule has 0 saturated heterocycles. The Kier molecular flexibility index (Phi) is 320. The molecule has 3 N–H and O–H groups in total. The van der Waals surface area contributed by atoms with Crippen molar-refractivity contribution in [3.8, 4) is 0 Å². The molecule has 0 bridgehead atoms. The van der Waals surface area contributed by atoms with Crippen LogP contribution < -0.4 is 29.6 Å². The molecule has 0 aromatic heterocycles. The number of rotatable bonds is 0. The average molecular weight is 90.1 g/mol. The summed E-state index contributed by atoms with van der Waals surface area (Å²) in [6, 6.07) is 0. The van der Waals surface area contributed by atoms with E-state index in [0.717, 1.165) is 7.11 Å². The van der Waals surface area contributed by atoms with Crippen LogP contribution in [0.1, 0.15) is 1.43 Å². The second-order valence-corrected chi connectivity index (χ2v) is 0. The third-order valence-electron chi connectivity index (χ3n) is 0. The third kappa shape index (κ3) is 52.3. The minimum Gasteiger partial charge on any atom is -1.00 e. The Hall–Kier alpha value is 0.880. The summed E-state index contributed by atoms with van der Waals surface area (Å²) in [5, 5.41) is 19.0. The van der Waals surface area contributed by atoms with Crippen LogP contribution in [0.15, 0.2) is 0 Å². The van der Waals surface area contributed by atoms with Gasteiger partial charge < -0.3 is 6.53 Å². The minimum absolute atomic E-state index is 0. The standard InChI is InChI=1S/CH4O.Na.H2O2.H/c1-2;;1-2;/h2H,1H3;;1-2H;/q;+1;;-1. The molecule has 0 aromatic rings. The monoisotopic (exact) mass is 90.0 g/mol. The van der Waals surface area contributed by atoms with Crippen LogP contribution >= 0.6 is 0 Å². The van der Waals surface area contributed by atoms with Crippen LogP contribution in [-0.4, -0.2) is 22.7 Å². The summed E-state index contributed by atoms with van der Waals surface area (Å²) in [5.41, 5.74) is 0. The van der Waals surface area contributed by atoms with Crippen molar-refractivity contribution in [1.82, 2.24) is 0 Å². The van der Waals surface area contributed by atoms with E-state index in [1.165, 1.54) is 0 Å². The molecule has 0 aromatic carbocycles. The molecule has 0 fully saturated rings. The maximum absolute atomic E-state index is 7.00. The van der Waals surface area contributed by atoms with Crippen molar-refractivity contribution in [1.29, 1.82) is 0 Å². The summed E-state index contributed by atoms with van der Waals surface area (Å²) in [6.45, 7) is 0. The Morgan fingerprint density at radius 2 is 1.20 bits per heavy atom. The Labute approximate surface area is 54.0 Å². The van der Waals surface area contributed by atoms with Crippen molar-refractivity contribution < 1.29 is 46.6 Å². The molecule has 3 nitrogen and oxygen atoms in total. The smallest absolute Gasteiger partial charge is 1.00 e. The molecule has 4 heteroatoms. The van der Waals surface area contributed by atoms with Crippen molar-refractivity contribution in [2.75, 3.05) is 7.11 Å². The van der Waals surface area contributed by atoms with Crippen LogP contribution in [0.2, 0.25) is 0 Å². The van der Waals surface area contributed by atoms with Crippen molar-refractivity contribution in [3.63, 3.8) is 0 Å². The number of hydrogen-bond acceptors (Lipinski definition) is 3. The zero-order valence-corrected chi connectivity index (χ0v) is 5.34. The maximum Gasteiger partial charge on any atom is 1.00 e. The molecule has 0 saturated carbocycles. The molecule has 5 heavy (non-hydrogen) atoms. The first kappa shape index (κ1) is 16.9.